The van der Waals surface area contributed by atoms with E-state index < -0.39 is 44.7 Å². The number of nitro benzene ring substituents is 1. The Bertz CT molecular complexity index is 2490. The van der Waals surface area contributed by atoms with E-state index >= 15 is 8.42 Å². The highest BCUT2D eigenvalue weighted by Gasteiger charge is 2.65. The van der Waals surface area contributed by atoms with Gasteiger partial charge in [0.25, 0.3) is 5.69 Å². The van der Waals surface area contributed by atoms with E-state index in [9.17, 15) is 25.1 Å². The van der Waals surface area contributed by atoms with Crippen molar-refractivity contribution in [2.45, 2.75) is 81.1 Å². The average molecular weight is 898 g/mol. The van der Waals surface area contributed by atoms with Crippen LogP contribution in [0, 0.1) is 27.9 Å². The molecule has 2 heterocycles. The molecule has 3 aliphatic rings. The first-order valence-electron chi connectivity index (χ1n) is 21.7. The molecule has 1 aromatic heterocycles. The molecule has 0 bridgehead atoms. The summed E-state index contributed by atoms with van der Waals surface area (Å²) in [5, 5.41) is 39.2. The van der Waals surface area contributed by atoms with E-state index in [-0.39, 0.29) is 61.0 Å². The maximum atomic E-state index is 15.2. The average Bonchev–Trinajstić information content (AvgIpc) is 3.29. The van der Waals surface area contributed by atoms with Crippen molar-refractivity contribution in [1.82, 2.24) is 14.6 Å². The van der Waals surface area contributed by atoms with Crippen LogP contribution < -0.4 is 14.8 Å². The zero-order valence-corrected chi connectivity index (χ0v) is 36.8. The number of oxime groups is 1. The summed E-state index contributed by atoms with van der Waals surface area (Å²) in [5.41, 5.74) is 2.79. The minimum absolute atomic E-state index is 0.00408. The molecule has 0 radical (unpaired) electrons. The molecule has 1 fully saturated rings. The predicted octanol–water partition coefficient (Wildman–Crippen LogP) is 7.41. The van der Waals surface area contributed by atoms with Gasteiger partial charge < -0.3 is 34.6 Å². The second-order valence-electron chi connectivity index (χ2n) is 16.2. The molecule has 4 aromatic rings. The van der Waals surface area contributed by atoms with Gasteiger partial charge in [-0.05, 0) is 98.0 Å². The number of unbranched alkanes of at least 4 members (excludes halogenated alkanes) is 2. The van der Waals surface area contributed by atoms with Gasteiger partial charge in [0.05, 0.1) is 34.7 Å². The molecule has 0 saturated heterocycles. The largest absolute Gasteiger partial charge is 0.460 e. The number of aliphatic hydroxyl groups is 2. The topological polar surface area (TPSA) is 212 Å². The number of fused-ring (bicyclic) bond motifs is 3. The molecule has 3 aromatic carbocycles. The van der Waals surface area contributed by atoms with E-state index in [4.69, 9.17) is 24.2 Å². The maximum Gasteiger partial charge on any atom is 0.412 e. The molecule has 6 atom stereocenters. The monoisotopic (exact) mass is 897 g/mol. The molecule has 1 amide bonds. The number of likely N-dealkylation sites (N-methyl/N-ethyl adjacent to an activating group) is 1. The van der Waals surface area contributed by atoms with Gasteiger partial charge in [0.1, 0.15) is 23.0 Å². The van der Waals surface area contributed by atoms with Crippen molar-refractivity contribution < 1.29 is 47.4 Å². The quantitative estimate of drug-likeness (QED) is 0.0343. The highest BCUT2D eigenvalue weighted by molar-refractivity contribution is 7.89. The molecule has 1 saturated carbocycles. The first-order valence-corrected chi connectivity index (χ1v) is 23.1. The summed E-state index contributed by atoms with van der Waals surface area (Å²) in [7, 11) is -2.86. The number of benzene rings is 3. The van der Waals surface area contributed by atoms with Crippen LogP contribution >= 0.6 is 0 Å². The summed E-state index contributed by atoms with van der Waals surface area (Å²) >= 11 is 0. The third kappa shape index (κ3) is 9.40. The zero-order valence-electron chi connectivity index (χ0n) is 36.0. The van der Waals surface area contributed by atoms with Crippen molar-refractivity contribution >= 4 is 38.4 Å². The van der Waals surface area contributed by atoms with Gasteiger partial charge in [-0.1, -0.05) is 48.3 Å². The molecule has 1 aliphatic heterocycles. The van der Waals surface area contributed by atoms with Gasteiger partial charge in [-0.2, -0.15) is 4.31 Å². The molecule has 16 nitrogen and oxygen atoms in total. The van der Waals surface area contributed by atoms with Crippen molar-refractivity contribution in [1.29, 1.82) is 0 Å². The second kappa shape index (κ2) is 20.4. The van der Waals surface area contributed by atoms with E-state index in [2.05, 4.69) is 23.0 Å². The summed E-state index contributed by atoms with van der Waals surface area (Å²) in [6.07, 6.45) is 8.56. The molecule has 17 heteroatoms. The first-order chi connectivity index (χ1) is 31.0. The second-order valence-corrected chi connectivity index (χ2v) is 18.2. The van der Waals surface area contributed by atoms with E-state index in [0.29, 0.717) is 73.0 Å². The number of pyridine rings is 1. The first kappa shape index (κ1) is 46.3. The normalized spacial score (nSPS) is 23.1. The number of non-ortho nitro benzene ring substituents is 1. The van der Waals surface area contributed by atoms with Gasteiger partial charge in [-0.15, -0.1) is 6.58 Å². The van der Waals surface area contributed by atoms with E-state index in [1.165, 1.54) is 29.6 Å². The van der Waals surface area contributed by atoms with Crippen LogP contribution in [0.25, 0.3) is 10.9 Å². The summed E-state index contributed by atoms with van der Waals surface area (Å²) < 4.78 is 51.5. The Morgan fingerprint density at radius 2 is 1.83 bits per heavy atom. The highest BCUT2D eigenvalue weighted by Crippen LogP contribution is 2.62. The van der Waals surface area contributed by atoms with Gasteiger partial charge in [0, 0.05) is 68.4 Å². The van der Waals surface area contributed by atoms with Crippen molar-refractivity contribution in [3.8, 4) is 11.5 Å². The molecular weight excluding hydrogens is 843 g/mol. The number of carbonyl (C=O) groups excluding carboxylic acids is 1. The number of allylic oxidation sites excluding steroid dienone is 1. The van der Waals surface area contributed by atoms with E-state index in [1.54, 1.807) is 73.8 Å². The van der Waals surface area contributed by atoms with Crippen LogP contribution in [0.2, 0.25) is 0 Å². The summed E-state index contributed by atoms with van der Waals surface area (Å²) in [4.78, 5) is 34.2. The number of rotatable bonds is 20. The van der Waals surface area contributed by atoms with Crippen LogP contribution in [0.5, 0.6) is 11.5 Å². The fraction of sp³-hybridized carbons (Fsp3) is 0.426. The number of para-hydroxylation sites is 1. The standard InChI is InChI=1S/C47H55N5O11S/c1-4-26-60-47-42(51(3)64(58,59)41-16-10-13-32-14-11-23-49-45(32)41)29-39(50-61-30-31-17-19-34(20-18-31)52(56)57)37-27-33(12-6-8-24-53)36(15-7-9-25-54)43(44(37)47)38-28-35(21-22-40(38)63-47)62-46(55)48-5-2/h4,10-11,13-14,16-23,27-28,33,36,42-44,53-54H,1,5-9,12,15,24-26,29-30H2,2-3H3,(H,48,55). The molecule has 3 N–H and O–H groups in total. The molecule has 7 rings (SSSR count). The molecule has 64 heavy (non-hydrogen) atoms. The van der Waals surface area contributed by atoms with Crippen LogP contribution in [0.4, 0.5) is 10.5 Å². The number of aliphatic hydroxyl groups excluding tert-OH is 2. The summed E-state index contributed by atoms with van der Waals surface area (Å²) in [6.45, 7) is 6.08. The SMILES string of the molecule is C=CCOC12Oc3ccc(OC(=O)NCC)cc3C3C(CCCCO)C(CCCCO)C=C(C(=NOCc4ccc([N+](=O)[O-])cc4)CC1N(C)S(=O)(=O)c1cccc4cccnc14)C32. The Kier molecular flexibility index (Phi) is 14.8. The van der Waals surface area contributed by atoms with Crippen LogP contribution in [-0.2, 0) is 26.2 Å². The number of nitro groups is 1. The van der Waals surface area contributed by atoms with Crippen molar-refractivity contribution in [2.24, 2.45) is 22.9 Å². The Hall–Kier alpha value is -5.72. The Balaban J connectivity index is 1.44. The predicted molar refractivity (Wildman–Crippen MR) is 239 cm³/mol. The summed E-state index contributed by atoms with van der Waals surface area (Å²) in [6, 6.07) is 18.6. The molecule has 6 unspecified atom stereocenters. The van der Waals surface area contributed by atoms with Crippen LogP contribution in [0.1, 0.15) is 68.9 Å². The number of nitrogens with zero attached hydrogens (tertiary/aromatic N) is 4. The fourth-order valence-electron chi connectivity index (χ4n) is 9.56. The number of amides is 1. The number of nitrogens with one attached hydrogen (secondary N) is 1. The number of aromatic nitrogens is 1. The third-order valence-electron chi connectivity index (χ3n) is 12.4. The lowest BCUT2D eigenvalue weighted by atomic mass is 9.55. The Morgan fingerprint density at radius 1 is 1.08 bits per heavy atom. The van der Waals surface area contributed by atoms with Gasteiger partial charge in [-0.25, -0.2) is 13.2 Å². The highest BCUT2D eigenvalue weighted by atomic mass is 32.2. The number of ether oxygens (including phenoxy) is 3. The van der Waals surface area contributed by atoms with Gasteiger partial charge in [-0.3, -0.25) is 15.1 Å². The van der Waals surface area contributed by atoms with Crippen LogP contribution in [0.15, 0.2) is 113 Å². The lowest BCUT2D eigenvalue weighted by Crippen LogP contribution is -2.69. The van der Waals surface area contributed by atoms with Gasteiger partial charge in [0.15, 0.2) is 0 Å². The van der Waals surface area contributed by atoms with Gasteiger partial charge >= 0.3 is 6.09 Å². The number of hydrogen-bond acceptors (Lipinski definition) is 13. The summed E-state index contributed by atoms with van der Waals surface area (Å²) in [5.74, 6) is -2.37. The number of carbonyl (C=O) groups is 1. The van der Waals surface area contributed by atoms with Crippen LogP contribution in [0.3, 0.4) is 0 Å². The van der Waals surface area contributed by atoms with Crippen molar-refractivity contribution in [3.63, 3.8) is 0 Å². The molecule has 0 spiro atoms. The van der Waals surface area contributed by atoms with Crippen LogP contribution in [-0.4, -0.2) is 89.9 Å². The molecule has 2 aliphatic carbocycles. The third-order valence-corrected chi connectivity index (χ3v) is 14.3. The van der Waals surface area contributed by atoms with E-state index in [0.717, 1.165) is 11.1 Å². The number of hydrogen-bond donors (Lipinski definition) is 3. The minimum atomic E-state index is -4.36. The Labute approximate surface area is 372 Å². The van der Waals surface area contributed by atoms with Crippen molar-refractivity contribution in [2.75, 3.05) is 33.4 Å². The number of sulfonamides is 1. The molecular formula is C47H55N5O11S. The van der Waals surface area contributed by atoms with E-state index in [1.807, 2.05) is 0 Å². The lowest BCUT2D eigenvalue weighted by Gasteiger charge is -2.59. The lowest BCUT2D eigenvalue weighted by molar-refractivity contribution is -0.384. The molecule has 340 valence electrons. The minimum Gasteiger partial charge on any atom is -0.460 e. The Morgan fingerprint density at radius 3 is 2.55 bits per heavy atom. The smallest absolute Gasteiger partial charge is 0.412 e. The van der Waals surface area contributed by atoms with Crippen molar-refractivity contribution in [3.05, 3.63) is 125 Å². The maximum absolute atomic E-state index is 15.2. The van der Waals surface area contributed by atoms with Gasteiger partial charge in [0.2, 0.25) is 15.8 Å². The zero-order chi connectivity index (χ0) is 45.4. The fourth-order valence-corrected chi connectivity index (χ4v) is 11.1.